The molecule has 0 aliphatic rings. The van der Waals surface area contributed by atoms with Crippen LogP contribution in [0.5, 0.6) is 23.0 Å². The molecule has 180 valence electrons. The van der Waals surface area contributed by atoms with Gasteiger partial charge in [0.15, 0.2) is 23.0 Å². The lowest BCUT2D eigenvalue weighted by atomic mass is 9.69. The van der Waals surface area contributed by atoms with E-state index in [9.17, 15) is 5.26 Å². The second-order valence-electron chi connectivity index (χ2n) is 8.55. The fraction of sp³-hybridized carbons (Fsp3) is 0.519. The zero-order valence-corrected chi connectivity index (χ0v) is 20.6. The van der Waals surface area contributed by atoms with Gasteiger partial charge in [-0.05, 0) is 74.2 Å². The number of methoxy groups -OCH3 is 4. The third-order valence-corrected chi connectivity index (χ3v) is 6.31. The fourth-order valence-electron chi connectivity index (χ4n) is 4.15. The van der Waals surface area contributed by atoms with E-state index < -0.39 is 12.5 Å². The molecule has 1 unspecified atom stereocenters. The first kappa shape index (κ1) is 21.9. The van der Waals surface area contributed by atoms with Gasteiger partial charge in [-0.1, -0.05) is 26.0 Å². The highest BCUT2D eigenvalue weighted by atomic mass is 16.5. The molecule has 33 heavy (non-hydrogen) atoms. The maximum Gasteiger partial charge on any atom is 0.161 e. The molecule has 0 aliphatic carbocycles. The monoisotopic (exact) mass is 457 g/mol. The lowest BCUT2D eigenvalue weighted by molar-refractivity contribution is 0.292. The van der Waals surface area contributed by atoms with Crippen molar-refractivity contribution in [3.63, 3.8) is 0 Å². The van der Waals surface area contributed by atoms with Gasteiger partial charge in [0.1, 0.15) is 0 Å². The summed E-state index contributed by atoms with van der Waals surface area (Å²) in [7, 11) is 4.18. The molecule has 0 saturated carbocycles. The van der Waals surface area contributed by atoms with Crippen molar-refractivity contribution in [3.8, 4) is 29.1 Å². The Morgan fingerprint density at radius 2 is 1.58 bits per heavy atom. The van der Waals surface area contributed by atoms with Crippen LogP contribution in [-0.2, 0) is 11.8 Å². The molecule has 0 heterocycles. The maximum absolute atomic E-state index is 10.3. The molecular weight excluding hydrogens is 416 g/mol. The number of rotatable bonds is 13. The van der Waals surface area contributed by atoms with Crippen molar-refractivity contribution in [2.45, 2.75) is 38.5 Å². The predicted molar refractivity (Wildman–Crippen MR) is 132 cm³/mol. The number of nitrogens with zero attached hydrogens (tertiary/aromatic N) is 2. The van der Waals surface area contributed by atoms with E-state index in [2.05, 4.69) is 24.8 Å². The van der Waals surface area contributed by atoms with Crippen molar-refractivity contribution in [2.24, 2.45) is 5.92 Å². The van der Waals surface area contributed by atoms with Gasteiger partial charge in [-0.2, -0.15) is 5.26 Å². The molecule has 6 heteroatoms. The minimum Gasteiger partial charge on any atom is -0.493 e. The first-order valence-corrected chi connectivity index (χ1v) is 11.2. The summed E-state index contributed by atoms with van der Waals surface area (Å²) in [6, 6.07) is 13.7. The Morgan fingerprint density at radius 3 is 2.15 bits per heavy atom. The van der Waals surface area contributed by atoms with E-state index in [-0.39, 0.29) is 11.7 Å². The molecule has 2 aromatic rings. The Hall–Kier alpha value is -2.91. The second kappa shape index (κ2) is 12.4. The SMILES string of the molecule is [2H]C([2H])([2H])Oc1cc(CCN(C)CCCC(C#N)(c2ccc(OC)c(OC)c2)C(C)C)ccc1OC. The van der Waals surface area contributed by atoms with Crippen LogP contribution >= 0.6 is 0 Å². The lowest BCUT2D eigenvalue weighted by Crippen LogP contribution is -2.32. The second-order valence-corrected chi connectivity index (χ2v) is 8.55. The van der Waals surface area contributed by atoms with Crippen LogP contribution in [0.4, 0.5) is 0 Å². The van der Waals surface area contributed by atoms with Crippen LogP contribution in [0.15, 0.2) is 36.4 Å². The van der Waals surface area contributed by atoms with Gasteiger partial charge in [0.2, 0.25) is 0 Å². The summed E-state index contributed by atoms with van der Waals surface area (Å²) in [4.78, 5) is 2.21. The highest BCUT2D eigenvalue weighted by Crippen LogP contribution is 2.40. The standard InChI is InChI=1S/C27H38N2O4/c1-20(2)27(19-28,22-10-12-24(31-5)26(18-22)33-7)14-8-15-29(3)16-13-21-9-11-23(30-4)25(17-21)32-6/h9-12,17-18,20H,8,13-16H2,1-7H3/i6D3. The number of ether oxygens (including phenoxy) is 4. The lowest BCUT2D eigenvalue weighted by Gasteiger charge is -2.32. The van der Waals surface area contributed by atoms with Crippen LogP contribution < -0.4 is 18.9 Å². The van der Waals surface area contributed by atoms with Crippen molar-refractivity contribution >= 4 is 0 Å². The average Bonchev–Trinajstić information content (AvgIpc) is 2.84. The minimum atomic E-state index is -2.54. The molecule has 0 spiro atoms. The highest BCUT2D eigenvalue weighted by molar-refractivity contribution is 5.47. The van der Waals surface area contributed by atoms with Gasteiger partial charge >= 0.3 is 0 Å². The summed E-state index contributed by atoms with van der Waals surface area (Å²) in [5, 5.41) is 10.3. The zero-order chi connectivity index (χ0) is 26.9. The molecule has 0 fully saturated rings. The van der Waals surface area contributed by atoms with Crippen LogP contribution in [0.1, 0.15) is 41.9 Å². The van der Waals surface area contributed by atoms with Crippen molar-refractivity contribution in [3.05, 3.63) is 47.5 Å². The molecule has 0 aliphatic heterocycles. The quantitative estimate of drug-likeness (QED) is 0.417. The summed E-state index contributed by atoms with van der Waals surface area (Å²) in [6.07, 6.45) is 2.27. The predicted octanol–water partition coefficient (Wildman–Crippen LogP) is 5.09. The number of benzene rings is 2. The van der Waals surface area contributed by atoms with E-state index in [4.69, 9.17) is 23.1 Å². The Morgan fingerprint density at radius 1 is 0.939 bits per heavy atom. The Bertz CT molecular complexity index is 1040. The Balaban J connectivity index is 2.04. The molecule has 0 saturated heterocycles. The largest absolute Gasteiger partial charge is 0.493 e. The van der Waals surface area contributed by atoms with Gasteiger partial charge in [-0.25, -0.2) is 0 Å². The third kappa shape index (κ3) is 6.33. The zero-order valence-electron chi connectivity index (χ0n) is 23.6. The molecule has 2 aromatic carbocycles. The molecule has 2 rings (SSSR count). The molecule has 0 radical (unpaired) electrons. The first-order chi connectivity index (χ1) is 17.0. The number of hydrogen-bond donors (Lipinski definition) is 0. The van der Waals surface area contributed by atoms with Crippen LogP contribution in [-0.4, -0.2) is 53.4 Å². The van der Waals surface area contributed by atoms with Crippen molar-refractivity contribution in [2.75, 3.05) is 48.5 Å². The number of nitriles is 1. The van der Waals surface area contributed by atoms with Crippen LogP contribution in [0.25, 0.3) is 0 Å². The summed E-state index contributed by atoms with van der Waals surface area (Å²) in [5.74, 6) is 1.97. The highest BCUT2D eigenvalue weighted by Gasteiger charge is 2.36. The maximum atomic E-state index is 10.3. The van der Waals surface area contributed by atoms with Crippen LogP contribution in [0.3, 0.4) is 0 Å². The Kier molecular flexibility index (Phi) is 8.21. The normalized spacial score (nSPS) is 14.6. The summed E-state index contributed by atoms with van der Waals surface area (Å²) < 4.78 is 43.3. The van der Waals surface area contributed by atoms with Crippen molar-refractivity contribution in [1.29, 1.82) is 5.26 Å². The van der Waals surface area contributed by atoms with Gasteiger partial charge in [0, 0.05) is 6.54 Å². The van der Waals surface area contributed by atoms with E-state index in [0.717, 1.165) is 37.1 Å². The molecular formula is C27H38N2O4. The average molecular weight is 458 g/mol. The summed E-state index contributed by atoms with van der Waals surface area (Å²) >= 11 is 0. The molecule has 0 aromatic heterocycles. The van der Waals surface area contributed by atoms with Gasteiger partial charge in [0.05, 0.1) is 44.0 Å². The Labute approximate surface area is 203 Å². The molecule has 0 N–H and O–H groups in total. The first-order valence-electron chi connectivity index (χ1n) is 12.7. The van der Waals surface area contributed by atoms with Crippen LogP contribution in [0.2, 0.25) is 0 Å². The van der Waals surface area contributed by atoms with E-state index in [0.29, 0.717) is 23.7 Å². The van der Waals surface area contributed by atoms with Crippen molar-refractivity contribution in [1.82, 2.24) is 4.90 Å². The van der Waals surface area contributed by atoms with Crippen LogP contribution in [0, 0.1) is 17.2 Å². The minimum absolute atomic E-state index is 0.113. The topological polar surface area (TPSA) is 64.0 Å². The molecule has 6 nitrogen and oxygen atoms in total. The number of hydrogen-bond acceptors (Lipinski definition) is 6. The van der Waals surface area contributed by atoms with Gasteiger partial charge in [0.25, 0.3) is 0 Å². The summed E-state index contributed by atoms with van der Waals surface area (Å²) in [6.45, 7) is 5.74. The smallest absolute Gasteiger partial charge is 0.161 e. The third-order valence-electron chi connectivity index (χ3n) is 6.31. The van der Waals surface area contributed by atoms with E-state index in [1.165, 1.54) is 7.11 Å². The van der Waals surface area contributed by atoms with Gasteiger partial charge < -0.3 is 23.8 Å². The molecule has 1 atom stereocenters. The van der Waals surface area contributed by atoms with E-state index in [1.807, 2.05) is 31.3 Å². The van der Waals surface area contributed by atoms with E-state index in [1.54, 1.807) is 26.4 Å². The van der Waals surface area contributed by atoms with Crippen molar-refractivity contribution < 1.29 is 23.1 Å². The summed E-state index contributed by atoms with van der Waals surface area (Å²) in [5.41, 5.74) is 1.25. The van der Waals surface area contributed by atoms with E-state index >= 15 is 0 Å². The number of likely N-dealkylation sites (N-methyl/N-ethyl adjacent to an activating group) is 1. The van der Waals surface area contributed by atoms with Gasteiger partial charge in [-0.3, -0.25) is 0 Å². The molecule has 0 bridgehead atoms. The fourth-order valence-corrected chi connectivity index (χ4v) is 4.15. The molecule has 0 amide bonds. The van der Waals surface area contributed by atoms with Gasteiger partial charge in [-0.15, -0.1) is 0 Å².